The normalized spacial score (nSPS) is 10.7. The van der Waals surface area contributed by atoms with Crippen LogP contribution >= 0.6 is 24.0 Å². The zero-order chi connectivity index (χ0) is 13.5. The van der Waals surface area contributed by atoms with Crippen LogP contribution in [0.4, 0.5) is 0 Å². The maximum absolute atomic E-state index is 5.70. The Morgan fingerprint density at radius 2 is 2.35 bits per heavy atom. The van der Waals surface area contributed by atoms with Gasteiger partial charge in [0.25, 0.3) is 0 Å². The SMILES string of the molecule is C=CCNC(N)=NCc1ccnc(-n2ccnc2)c1.I. The Morgan fingerprint density at radius 3 is 3.05 bits per heavy atom. The number of aliphatic imine (C=N–C) groups is 1. The van der Waals surface area contributed by atoms with Gasteiger partial charge in [0, 0.05) is 25.1 Å². The van der Waals surface area contributed by atoms with Crippen molar-refractivity contribution in [1.82, 2.24) is 19.9 Å². The third kappa shape index (κ3) is 4.65. The maximum Gasteiger partial charge on any atom is 0.189 e. The van der Waals surface area contributed by atoms with E-state index in [4.69, 9.17) is 5.73 Å². The first kappa shape index (κ1) is 16.2. The summed E-state index contributed by atoms with van der Waals surface area (Å²) in [5.74, 6) is 1.21. The molecule has 0 aliphatic rings. The second-order valence-corrected chi connectivity index (χ2v) is 3.86. The van der Waals surface area contributed by atoms with Gasteiger partial charge >= 0.3 is 0 Å². The fraction of sp³-hybridized carbons (Fsp3) is 0.154. The summed E-state index contributed by atoms with van der Waals surface area (Å²) >= 11 is 0. The third-order valence-corrected chi connectivity index (χ3v) is 2.44. The van der Waals surface area contributed by atoms with E-state index >= 15 is 0 Å². The monoisotopic (exact) mass is 384 g/mol. The quantitative estimate of drug-likeness (QED) is 0.354. The van der Waals surface area contributed by atoms with Crippen LogP contribution in [0.1, 0.15) is 5.56 Å². The van der Waals surface area contributed by atoms with Crippen molar-refractivity contribution in [1.29, 1.82) is 0 Å². The molecule has 0 unspecified atom stereocenters. The van der Waals surface area contributed by atoms with Gasteiger partial charge in [-0.05, 0) is 17.7 Å². The molecular formula is C13H17IN6. The molecule has 6 nitrogen and oxygen atoms in total. The molecule has 20 heavy (non-hydrogen) atoms. The molecule has 0 saturated heterocycles. The molecule has 106 valence electrons. The lowest BCUT2D eigenvalue weighted by Crippen LogP contribution is -2.31. The first-order valence-electron chi connectivity index (χ1n) is 5.87. The van der Waals surface area contributed by atoms with E-state index in [9.17, 15) is 0 Å². The molecule has 2 aromatic heterocycles. The average molecular weight is 384 g/mol. The summed E-state index contributed by atoms with van der Waals surface area (Å²) in [6, 6.07) is 3.86. The smallest absolute Gasteiger partial charge is 0.189 e. The highest BCUT2D eigenvalue weighted by atomic mass is 127. The summed E-state index contributed by atoms with van der Waals surface area (Å²) in [6.07, 6.45) is 8.73. The van der Waals surface area contributed by atoms with Crippen molar-refractivity contribution < 1.29 is 0 Å². The molecular weight excluding hydrogens is 367 g/mol. The van der Waals surface area contributed by atoms with Gasteiger partial charge in [0.05, 0.1) is 6.54 Å². The molecule has 7 heteroatoms. The number of nitrogens with two attached hydrogens (primary N) is 1. The predicted octanol–water partition coefficient (Wildman–Crippen LogP) is 1.48. The number of hydrogen-bond acceptors (Lipinski definition) is 3. The van der Waals surface area contributed by atoms with Gasteiger partial charge in [-0.25, -0.2) is 15.0 Å². The molecule has 0 amide bonds. The minimum absolute atomic E-state index is 0. The number of halogens is 1. The van der Waals surface area contributed by atoms with Gasteiger partial charge in [-0.1, -0.05) is 6.08 Å². The average Bonchev–Trinajstić information content (AvgIpc) is 2.97. The Balaban J connectivity index is 0.00000200. The Hall–Kier alpha value is -1.90. The minimum Gasteiger partial charge on any atom is -0.370 e. The molecule has 0 saturated carbocycles. The number of nitrogens with one attached hydrogen (secondary N) is 1. The van der Waals surface area contributed by atoms with Gasteiger partial charge in [0.1, 0.15) is 12.1 Å². The van der Waals surface area contributed by atoms with Crippen LogP contribution in [0.15, 0.2) is 54.7 Å². The predicted molar refractivity (Wildman–Crippen MR) is 90.3 cm³/mol. The van der Waals surface area contributed by atoms with Gasteiger partial charge in [0.15, 0.2) is 5.96 Å². The van der Waals surface area contributed by atoms with E-state index in [-0.39, 0.29) is 24.0 Å². The second-order valence-electron chi connectivity index (χ2n) is 3.86. The summed E-state index contributed by atoms with van der Waals surface area (Å²) in [5, 5.41) is 2.92. The highest BCUT2D eigenvalue weighted by Gasteiger charge is 1.99. The zero-order valence-electron chi connectivity index (χ0n) is 10.9. The fourth-order valence-corrected chi connectivity index (χ4v) is 1.50. The van der Waals surface area contributed by atoms with Crippen LogP contribution in [-0.4, -0.2) is 27.0 Å². The summed E-state index contributed by atoms with van der Waals surface area (Å²) in [4.78, 5) is 12.5. The molecule has 2 heterocycles. The Kier molecular flexibility index (Phi) is 6.71. The largest absolute Gasteiger partial charge is 0.370 e. The highest BCUT2D eigenvalue weighted by Crippen LogP contribution is 2.07. The third-order valence-electron chi connectivity index (χ3n) is 2.44. The Morgan fingerprint density at radius 1 is 1.50 bits per heavy atom. The van der Waals surface area contributed by atoms with Crippen molar-refractivity contribution in [3.8, 4) is 5.82 Å². The topological polar surface area (TPSA) is 81.1 Å². The molecule has 0 aromatic carbocycles. The minimum atomic E-state index is 0. The molecule has 0 radical (unpaired) electrons. The molecule has 0 spiro atoms. The summed E-state index contributed by atoms with van der Waals surface area (Å²) in [7, 11) is 0. The van der Waals surface area contributed by atoms with E-state index in [1.54, 1.807) is 24.8 Å². The van der Waals surface area contributed by atoms with Gasteiger partial charge < -0.3 is 11.1 Å². The van der Waals surface area contributed by atoms with E-state index < -0.39 is 0 Å². The number of guanidine groups is 1. The van der Waals surface area contributed by atoms with Gasteiger partial charge in [-0.3, -0.25) is 4.57 Å². The fourth-order valence-electron chi connectivity index (χ4n) is 1.50. The van der Waals surface area contributed by atoms with E-state index in [0.717, 1.165) is 11.4 Å². The second kappa shape index (κ2) is 8.31. The molecule has 0 bridgehead atoms. The Bertz CT molecular complexity index is 564. The van der Waals surface area contributed by atoms with Crippen LogP contribution in [0.25, 0.3) is 5.82 Å². The summed E-state index contributed by atoms with van der Waals surface area (Å²) in [5.41, 5.74) is 6.73. The van der Waals surface area contributed by atoms with Crippen LogP contribution in [0.5, 0.6) is 0 Å². The molecule has 0 atom stereocenters. The van der Waals surface area contributed by atoms with Crippen molar-refractivity contribution in [3.05, 3.63) is 55.3 Å². The van der Waals surface area contributed by atoms with Crippen molar-refractivity contribution in [2.75, 3.05) is 6.54 Å². The van der Waals surface area contributed by atoms with E-state index in [2.05, 4.69) is 26.9 Å². The maximum atomic E-state index is 5.70. The number of nitrogens with zero attached hydrogens (tertiary/aromatic N) is 4. The van der Waals surface area contributed by atoms with Crippen LogP contribution < -0.4 is 11.1 Å². The standard InChI is InChI=1S/C13H16N6.HI/c1-2-4-17-13(14)18-9-11-3-5-16-12(8-11)19-7-6-15-10-19;/h2-3,5-8,10H,1,4,9H2,(H3,14,17,18);1H. The number of pyridine rings is 1. The molecule has 0 fully saturated rings. The number of rotatable bonds is 5. The molecule has 2 rings (SSSR count). The van der Waals surface area contributed by atoms with Crippen molar-refractivity contribution in [2.45, 2.75) is 6.54 Å². The van der Waals surface area contributed by atoms with Crippen molar-refractivity contribution >= 4 is 29.9 Å². The number of hydrogen-bond donors (Lipinski definition) is 2. The Labute approximate surface area is 134 Å². The van der Waals surface area contributed by atoms with E-state index in [1.807, 2.05) is 22.9 Å². The van der Waals surface area contributed by atoms with E-state index in [0.29, 0.717) is 19.0 Å². The van der Waals surface area contributed by atoms with Gasteiger partial charge in [0.2, 0.25) is 0 Å². The van der Waals surface area contributed by atoms with Crippen LogP contribution in [0, 0.1) is 0 Å². The lowest BCUT2D eigenvalue weighted by atomic mass is 10.2. The van der Waals surface area contributed by atoms with Crippen LogP contribution in [0.3, 0.4) is 0 Å². The first-order valence-corrected chi connectivity index (χ1v) is 5.87. The summed E-state index contributed by atoms with van der Waals surface area (Å²) < 4.78 is 1.84. The van der Waals surface area contributed by atoms with Gasteiger partial charge in [-0.15, -0.1) is 30.6 Å². The lowest BCUT2D eigenvalue weighted by Gasteiger charge is -2.04. The number of imidazole rings is 1. The van der Waals surface area contributed by atoms with Crippen LogP contribution in [-0.2, 0) is 6.54 Å². The molecule has 3 N–H and O–H groups in total. The molecule has 0 aliphatic heterocycles. The summed E-state index contributed by atoms with van der Waals surface area (Å²) in [6.45, 7) is 4.70. The van der Waals surface area contributed by atoms with Gasteiger partial charge in [-0.2, -0.15) is 0 Å². The zero-order valence-corrected chi connectivity index (χ0v) is 13.3. The van der Waals surface area contributed by atoms with E-state index in [1.165, 1.54) is 0 Å². The first-order chi connectivity index (χ1) is 9.29. The molecule has 0 aliphatic carbocycles. The lowest BCUT2D eigenvalue weighted by molar-refractivity contribution is 0.948. The van der Waals surface area contributed by atoms with Crippen LogP contribution in [0.2, 0.25) is 0 Å². The highest BCUT2D eigenvalue weighted by molar-refractivity contribution is 14.0. The number of aromatic nitrogens is 3. The van der Waals surface area contributed by atoms with Crippen molar-refractivity contribution in [2.24, 2.45) is 10.7 Å². The van der Waals surface area contributed by atoms with Crippen molar-refractivity contribution in [3.63, 3.8) is 0 Å². The molecule has 2 aromatic rings.